The van der Waals surface area contributed by atoms with Crippen LogP contribution in [-0.4, -0.2) is 221 Å². The van der Waals surface area contributed by atoms with E-state index in [2.05, 4.69) is 26.6 Å². The second-order valence-electron chi connectivity index (χ2n) is 15.5. The van der Waals surface area contributed by atoms with Gasteiger partial charge in [0.05, 0.1) is 60.7 Å². The van der Waals surface area contributed by atoms with E-state index in [1.165, 1.54) is 34.6 Å². The Bertz CT molecular complexity index is 1460. The summed E-state index contributed by atoms with van der Waals surface area (Å²) in [6.07, 6.45) is -29.1. The van der Waals surface area contributed by atoms with Crippen molar-refractivity contribution in [3.63, 3.8) is 0 Å². The van der Waals surface area contributed by atoms with Crippen LogP contribution in [0.15, 0.2) is 0 Å². The van der Waals surface area contributed by atoms with Crippen molar-refractivity contribution >= 4 is 32.1 Å². The lowest BCUT2D eigenvalue weighted by atomic mass is 9.93. The minimum atomic E-state index is -1.90. The highest BCUT2D eigenvalue weighted by atomic mass is 16.8. The molecule has 5 heterocycles. The fraction of sp³-hybridized carbons (Fsp3) is 0.857. The molecule has 0 aliphatic carbocycles. The topological polar surface area (TPSA) is 370 Å². The number of aliphatic hydroxyl groups excluding tert-OH is 7. The molecule has 5 amide bonds. The number of aliphatic hydroxyl groups is 7. The maximum Gasteiger partial charge on any atom is 0.207 e. The highest BCUT2D eigenvalue weighted by Gasteiger charge is 2.56. The Morgan fingerprint density at radius 2 is 0.639 bits per heavy atom. The normalized spacial score (nSPS) is 49.1. The Morgan fingerprint density at radius 1 is 0.344 bits per heavy atom. The molecule has 5 saturated heterocycles. The van der Waals surface area contributed by atoms with Gasteiger partial charge in [-0.05, 0) is 34.6 Å². The number of carbonyl (C=O) groups excluding carboxylic acids is 5. The van der Waals surface area contributed by atoms with Gasteiger partial charge in [-0.1, -0.05) is 0 Å². The fourth-order valence-electron chi connectivity index (χ4n) is 8.33. The van der Waals surface area contributed by atoms with Crippen LogP contribution in [0.1, 0.15) is 34.6 Å². The molecule has 0 bridgehead atoms. The summed E-state index contributed by atoms with van der Waals surface area (Å²) in [5.41, 5.74) is 0. The van der Waals surface area contributed by atoms with Crippen molar-refractivity contribution in [1.29, 1.82) is 0 Å². The third-order valence-corrected chi connectivity index (χ3v) is 11.6. The summed E-state index contributed by atoms with van der Waals surface area (Å²) in [7, 11) is 0. The molecule has 5 rings (SSSR count). The van der Waals surface area contributed by atoms with Gasteiger partial charge >= 0.3 is 0 Å². The smallest absolute Gasteiger partial charge is 0.207 e. The first-order chi connectivity index (χ1) is 29.0. The highest BCUT2D eigenvalue weighted by molar-refractivity contribution is 5.48. The summed E-state index contributed by atoms with van der Waals surface area (Å²) in [4.78, 5) is 57.3. The first-order valence-corrected chi connectivity index (χ1v) is 19.7. The lowest BCUT2D eigenvalue weighted by Gasteiger charge is -2.51. The van der Waals surface area contributed by atoms with Crippen molar-refractivity contribution < 1.29 is 102 Å². The molecule has 61 heavy (non-hydrogen) atoms. The first-order valence-electron chi connectivity index (χ1n) is 19.7. The van der Waals surface area contributed by atoms with Crippen molar-refractivity contribution in [3.05, 3.63) is 0 Å². The van der Waals surface area contributed by atoms with Gasteiger partial charge in [-0.3, -0.25) is 24.0 Å². The van der Waals surface area contributed by atoms with Gasteiger partial charge in [0.2, 0.25) is 32.1 Å². The zero-order valence-electron chi connectivity index (χ0n) is 33.7. The molecule has 0 radical (unpaired) electrons. The van der Waals surface area contributed by atoms with Crippen LogP contribution in [0.25, 0.3) is 0 Å². The summed E-state index contributed by atoms with van der Waals surface area (Å²) in [6, 6.07) is -5.64. The van der Waals surface area contributed by atoms with Gasteiger partial charge in [0.1, 0.15) is 61.0 Å². The molecule has 0 saturated carbocycles. The summed E-state index contributed by atoms with van der Waals surface area (Å²) >= 11 is 0. The van der Waals surface area contributed by atoms with E-state index in [1.807, 2.05) is 0 Å². The van der Waals surface area contributed by atoms with E-state index in [4.69, 9.17) is 42.6 Å². The van der Waals surface area contributed by atoms with Gasteiger partial charge in [0.25, 0.3) is 0 Å². The van der Waals surface area contributed by atoms with E-state index < -0.39 is 153 Å². The molecule has 0 aromatic carbocycles. The molecule has 348 valence electrons. The quantitative estimate of drug-likeness (QED) is 0.0569. The average Bonchev–Trinajstić information content (AvgIpc) is 3.21. The molecule has 0 aromatic rings. The van der Waals surface area contributed by atoms with Crippen molar-refractivity contribution in [2.75, 3.05) is 0 Å². The zero-order chi connectivity index (χ0) is 44.9. The molecule has 12 N–H and O–H groups in total. The molecule has 5 aliphatic rings. The minimum absolute atomic E-state index is 0.287. The monoisotopic (exact) mass is 883 g/mol. The van der Waals surface area contributed by atoms with Crippen LogP contribution in [0.5, 0.6) is 0 Å². The Morgan fingerprint density at radius 3 is 1.08 bits per heavy atom. The number of hydrogen-bond donors (Lipinski definition) is 12. The van der Waals surface area contributed by atoms with Crippen molar-refractivity contribution in [1.82, 2.24) is 26.6 Å². The van der Waals surface area contributed by atoms with Crippen molar-refractivity contribution in [2.24, 2.45) is 0 Å². The third-order valence-electron chi connectivity index (χ3n) is 11.6. The van der Waals surface area contributed by atoms with Gasteiger partial charge in [0.15, 0.2) is 31.5 Å². The largest absolute Gasteiger partial charge is 0.388 e. The third kappa shape index (κ3) is 10.4. The molecular weight excluding hydrogens is 826 g/mol. The summed E-state index contributed by atoms with van der Waals surface area (Å²) in [5, 5.41) is 90.8. The number of carbonyl (C=O) groups is 5. The second kappa shape index (κ2) is 21.4. The van der Waals surface area contributed by atoms with E-state index in [0.29, 0.717) is 25.6 Å². The number of rotatable bonds is 18. The van der Waals surface area contributed by atoms with Gasteiger partial charge in [-0.25, -0.2) is 0 Å². The SMILES string of the molecule is C[C@H]1O[C@H](O[C@@H]2[C@H](O)[C@@H](O[C@@H]3[C@@H](O[C@@H]4[C@@H](O[C@H]5[C@@H](O)[C@H](NC=O)[C@@H](C)O[C@@H]5O)O[C@H](C)[C@@H](NC=O)[C@@H]4O)O[C@H](C)[C@@H](NC=O)[C@@H]3O)O[C@H](C)[C@H]2NC=O)[C@@H](O)[C@@H](O)[C@@H]1NC=O. The first kappa shape index (κ1) is 48.7. The molecule has 5 aliphatic heterocycles. The van der Waals surface area contributed by atoms with Gasteiger partial charge < -0.3 is 105 Å². The van der Waals surface area contributed by atoms with Crippen LogP contribution in [0, 0.1) is 0 Å². The molecule has 26 nitrogen and oxygen atoms in total. The maximum absolute atomic E-state index is 11.8. The Balaban J connectivity index is 1.45. The number of nitrogens with one attached hydrogen (secondary N) is 5. The predicted octanol–water partition coefficient (Wildman–Crippen LogP) is -8.02. The van der Waals surface area contributed by atoms with E-state index in [1.54, 1.807) is 0 Å². The fourth-order valence-corrected chi connectivity index (χ4v) is 8.33. The second-order valence-corrected chi connectivity index (χ2v) is 15.5. The summed E-state index contributed by atoms with van der Waals surface area (Å²) in [5.74, 6) is 0. The van der Waals surface area contributed by atoms with E-state index in [9.17, 15) is 59.7 Å². The van der Waals surface area contributed by atoms with E-state index in [0.717, 1.165) is 0 Å². The predicted molar refractivity (Wildman–Crippen MR) is 194 cm³/mol. The van der Waals surface area contributed by atoms with Crippen LogP contribution < -0.4 is 26.6 Å². The maximum atomic E-state index is 11.8. The Hall–Kier alpha value is -3.29. The van der Waals surface area contributed by atoms with Crippen LogP contribution in [0.4, 0.5) is 0 Å². The number of hydrogen-bond acceptors (Lipinski definition) is 21. The average molecular weight is 884 g/mol. The van der Waals surface area contributed by atoms with Crippen LogP contribution >= 0.6 is 0 Å². The van der Waals surface area contributed by atoms with E-state index >= 15 is 0 Å². The molecule has 0 aromatic heterocycles. The molecular formula is C35H57N5O21. The van der Waals surface area contributed by atoms with Crippen LogP contribution in [0.2, 0.25) is 0 Å². The molecule has 5 fully saturated rings. The van der Waals surface area contributed by atoms with Gasteiger partial charge in [-0.15, -0.1) is 0 Å². The zero-order valence-corrected chi connectivity index (χ0v) is 33.7. The number of amides is 5. The lowest BCUT2D eigenvalue weighted by molar-refractivity contribution is -0.390. The van der Waals surface area contributed by atoms with Crippen LogP contribution in [-0.2, 0) is 66.6 Å². The number of ether oxygens (including phenoxy) is 9. The van der Waals surface area contributed by atoms with Crippen LogP contribution in [0.3, 0.4) is 0 Å². The summed E-state index contributed by atoms with van der Waals surface area (Å²) < 4.78 is 53.6. The molecule has 26 heteroatoms. The Kier molecular flexibility index (Phi) is 17.1. The standard InChI is InChI=1S/C35H57N5O21/c1-11-17(37-7-42)22(47)28(31(52)53-11)59-34-30(24(49)19(39-9-44)13(3)56-34)61-35-29(23(48)18(38-8-43)14(4)57-35)60-33-26(51)27(20(40-10-45)15(5)55-33)58-32-25(50)21(46)16(36-6-41)12(2)54-32/h6-35,46-52H,1-5H3,(H,36,41)(H,37,42)(H,38,43)(H,39,44)(H,40,45)/t11-,12-,13-,14-,15-,16-,17-,18-,19-,20-,21+,22+,23+,24+,25+,26+,27+,28+,29+,30+,31+,32-,33-,34-,35-/m1/s1. The van der Waals surface area contributed by atoms with E-state index in [-0.39, 0.29) is 6.41 Å². The molecule has 0 spiro atoms. The van der Waals surface area contributed by atoms with Crippen molar-refractivity contribution in [3.8, 4) is 0 Å². The highest BCUT2D eigenvalue weighted by Crippen LogP contribution is 2.36. The molecule has 0 unspecified atom stereocenters. The summed E-state index contributed by atoms with van der Waals surface area (Å²) in [6.45, 7) is 7.36. The van der Waals surface area contributed by atoms with Gasteiger partial charge in [0, 0.05) is 0 Å². The Labute approximate surface area is 348 Å². The van der Waals surface area contributed by atoms with Gasteiger partial charge in [-0.2, -0.15) is 0 Å². The van der Waals surface area contributed by atoms with Crippen molar-refractivity contribution in [2.45, 2.75) is 188 Å². The molecule has 25 atom stereocenters. The minimum Gasteiger partial charge on any atom is -0.388 e. The lowest BCUT2D eigenvalue weighted by Crippen LogP contribution is -2.70.